The van der Waals surface area contributed by atoms with Gasteiger partial charge in [0.25, 0.3) is 0 Å². The summed E-state index contributed by atoms with van der Waals surface area (Å²) in [5, 5.41) is 13.3. The van der Waals surface area contributed by atoms with Gasteiger partial charge in [-0.25, -0.2) is 4.98 Å². The van der Waals surface area contributed by atoms with E-state index in [4.69, 9.17) is 4.74 Å². The largest absolute Gasteiger partial charge is 0.472 e. The van der Waals surface area contributed by atoms with E-state index in [1.165, 1.54) is 0 Å². The van der Waals surface area contributed by atoms with Crippen molar-refractivity contribution in [1.29, 1.82) is 0 Å². The quantitative estimate of drug-likeness (QED) is 0.875. The molecule has 5 heteroatoms. The van der Waals surface area contributed by atoms with Crippen LogP contribution in [0.3, 0.4) is 0 Å². The van der Waals surface area contributed by atoms with E-state index in [1.54, 1.807) is 6.20 Å². The molecule has 1 aromatic heterocycles. The summed E-state index contributed by atoms with van der Waals surface area (Å²) >= 11 is 0. The maximum atomic E-state index is 12.1. The third-order valence-corrected chi connectivity index (χ3v) is 3.97. The number of nitrogens with one attached hydrogen (secondary N) is 1. The number of aromatic nitrogens is 1. The lowest BCUT2D eigenvalue weighted by atomic mass is 9.82. The van der Waals surface area contributed by atoms with E-state index in [9.17, 15) is 9.90 Å². The van der Waals surface area contributed by atoms with E-state index in [1.807, 2.05) is 32.9 Å². The van der Waals surface area contributed by atoms with E-state index >= 15 is 0 Å². The highest BCUT2D eigenvalue weighted by atomic mass is 16.5. The minimum absolute atomic E-state index is 0.107. The Balaban J connectivity index is 1.85. The van der Waals surface area contributed by atoms with Gasteiger partial charge < -0.3 is 15.2 Å². The molecule has 0 unspecified atom stereocenters. The zero-order chi connectivity index (χ0) is 16.9. The molecule has 5 nitrogen and oxygen atoms in total. The number of carbonyl (C=O) groups is 1. The average molecular weight is 320 g/mol. The number of carbonyl (C=O) groups excluding carboxylic acids is 1. The van der Waals surface area contributed by atoms with Crippen LogP contribution in [0.2, 0.25) is 0 Å². The fourth-order valence-electron chi connectivity index (χ4n) is 2.88. The van der Waals surface area contributed by atoms with Crippen LogP contribution in [0.4, 0.5) is 0 Å². The first kappa shape index (κ1) is 17.7. The Bertz CT molecular complexity index is 531. The Morgan fingerprint density at radius 2 is 2.04 bits per heavy atom. The Labute approximate surface area is 138 Å². The summed E-state index contributed by atoms with van der Waals surface area (Å²) in [5.41, 5.74) is -0.191. The number of hydrogen-bond donors (Lipinski definition) is 2. The number of amides is 1. The van der Waals surface area contributed by atoms with Crippen molar-refractivity contribution < 1.29 is 14.6 Å². The maximum Gasteiger partial charge on any atom is 0.223 e. The van der Waals surface area contributed by atoms with Gasteiger partial charge in [-0.05, 0) is 45.2 Å². The number of hydrogen-bond acceptors (Lipinski definition) is 4. The molecule has 1 aromatic rings. The molecule has 2 rings (SSSR count). The van der Waals surface area contributed by atoms with Crippen molar-refractivity contribution in [3.63, 3.8) is 0 Å². The third kappa shape index (κ3) is 6.18. The summed E-state index contributed by atoms with van der Waals surface area (Å²) < 4.78 is 5.72. The highest BCUT2D eigenvalue weighted by molar-refractivity contribution is 5.77. The molecule has 1 aliphatic carbocycles. The second-order valence-electron chi connectivity index (χ2n) is 7.46. The molecule has 0 aliphatic heterocycles. The van der Waals surface area contributed by atoms with Gasteiger partial charge in [0.2, 0.25) is 11.8 Å². The standard InChI is InChI=1S/C18H28N2O3/c1-17(2,3)23-16-11-14(7-10-19-16)13-20-15(21)12-18(22)8-5-4-6-9-18/h7,10-11,22H,4-6,8-9,12-13H2,1-3H3,(H,20,21). The predicted molar refractivity (Wildman–Crippen MR) is 89.1 cm³/mol. The topological polar surface area (TPSA) is 71.5 Å². The number of rotatable bonds is 5. The first-order valence-corrected chi connectivity index (χ1v) is 8.39. The van der Waals surface area contributed by atoms with E-state index in [0.717, 1.165) is 37.7 Å². The third-order valence-electron chi connectivity index (χ3n) is 3.97. The van der Waals surface area contributed by atoms with Crippen LogP contribution in [0, 0.1) is 0 Å². The first-order chi connectivity index (χ1) is 10.8. The zero-order valence-corrected chi connectivity index (χ0v) is 14.4. The van der Waals surface area contributed by atoms with Gasteiger partial charge in [0.1, 0.15) is 5.60 Å². The van der Waals surface area contributed by atoms with Gasteiger partial charge >= 0.3 is 0 Å². The van der Waals surface area contributed by atoms with Crippen LogP contribution in [-0.2, 0) is 11.3 Å². The van der Waals surface area contributed by atoms with Crippen molar-refractivity contribution in [2.45, 2.75) is 77.0 Å². The molecule has 1 saturated carbocycles. The van der Waals surface area contributed by atoms with Gasteiger partial charge in [-0.3, -0.25) is 4.79 Å². The summed E-state index contributed by atoms with van der Waals surface area (Å²) in [6.07, 6.45) is 6.46. The van der Waals surface area contributed by atoms with Gasteiger partial charge in [0.05, 0.1) is 12.0 Å². The van der Waals surface area contributed by atoms with Gasteiger partial charge in [-0.15, -0.1) is 0 Å². The van der Waals surface area contributed by atoms with E-state index in [-0.39, 0.29) is 17.9 Å². The van der Waals surface area contributed by atoms with Crippen LogP contribution in [-0.4, -0.2) is 27.2 Å². The summed E-state index contributed by atoms with van der Waals surface area (Å²) in [6.45, 7) is 6.31. The molecule has 128 valence electrons. The average Bonchev–Trinajstić information content (AvgIpc) is 2.44. The first-order valence-electron chi connectivity index (χ1n) is 8.39. The van der Waals surface area contributed by atoms with Crippen LogP contribution in [0.5, 0.6) is 5.88 Å². The van der Waals surface area contributed by atoms with Crippen LogP contribution >= 0.6 is 0 Å². The zero-order valence-electron chi connectivity index (χ0n) is 14.4. The molecule has 0 radical (unpaired) electrons. The van der Waals surface area contributed by atoms with E-state index in [0.29, 0.717) is 12.4 Å². The van der Waals surface area contributed by atoms with E-state index < -0.39 is 5.60 Å². The summed E-state index contributed by atoms with van der Waals surface area (Å²) in [7, 11) is 0. The molecular formula is C18H28N2O3. The van der Waals surface area contributed by atoms with Crippen LogP contribution < -0.4 is 10.1 Å². The van der Waals surface area contributed by atoms with E-state index in [2.05, 4.69) is 10.3 Å². The Hall–Kier alpha value is -1.62. The molecule has 0 aromatic carbocycles. The molecular weight excluding hydrogens is 292 g/mol. The van der Waals surface area contributed by atoms with Crippen molar-refractivity contribution in [2.24, 2.45) is 0 Å². The van der Waals surface area contributed by atoms with Crippen LogP contribution in [0.25, 0.3) is 0 Å². The van der Waals surface area contributed by atoms with Crippen molar-refractivity contribution in [1.82, 2.24) is 10.3 Å². The van der Waals surface area contributed by atoms with Crippen LogP contribution in [0.15, 0.2) is 18.3 Å². The smallest absolute Gasteiger partial charge is 0.223 e. The molecule has 23 heavy (non-hydrogen) atoms. The lowest BCUT2D eigenvalue weighted by molar-refractivity contribution is -0.127. The SMILES string of the molecule is CC(C)(C)Oc1cc(CNC(=O)CC2(O)CCCCC2)ccn1. The lowest BCUT2D eigenvalue weighted by Gasteiger charge is -2.31. The second-order valence-corrected chi connectivity index (χ2v) is 7.46. The molecule has 1 fully saturated rings. The van der Waals surface area contributed by atoms with Crippen molar-refractivity contribution in [3.8, 4) is 5.88 Å². The van der Waals surface area contributed by atoms with Crippen molar-refractivity contribution >= 4 is 5.91 Å². The number of aliphatic hydroxyl groups is 1. The van der Waals surface area contributed by atoms with Gasteiger partial charge in [-0.2, -0.15) is 0 Å². The predicted octanol–water partition coefficient (Wildman–Crippen LogP) is 2.96. The van der Waals surface area contributed by atoms with Crippen LogP contribution in [0.1, 0.15) is 64.9 Å². The number of nitrogens with zero attached hydrogens (tertiary/aromatic N) is 1. The minimum Gasteiger partial charge on any atom is -0.472 e. The molecule has 1 amide bonds. The molecule has 0 atom stereocenters. The van der Waals surface area contributed by atoms with Gasteiger partial charge in [0, 0.05) is 18.8 Å². The molecule has 1 aliphatic rings. The highest BCUT2D eigenvalue weighted by Gasteiger charge is 2.31. The monoisotopic (exact) mass is 320 g/mol. The molecule has 1 heterocycles. The van der Waals surface area contributed by atoms with Crippen molar-refractivity contribution in [3.05, 3.63) is 23.9 Å². The Morgan fingerprint density at radius 1 is 1.35 bits per heavy atom. The van der Waals surface area contributed by atoms with Crippen molar-refractivity contribution in [2.75, 3.05) is 0 Å². The lowest BCUT2D eigenvalue weighted by Crippen LogP contribution is -2.38. The normalized spacial score (nSPS) is 17.6. The Kier molecular flexibility index (Phi) is 5.63. The molecule has 2 N–H and O–H groups in total. The molecule has 0 bridgehead atoms. The minimum atomic E-state index is -0.818. The number of ether oxygens (including phenoxy) is 1. The molecule has 0 saturated heterocycles. The maximum absolute atomic E-state index is 12.1. The summed E-state index contributed by atoms with van der Waals surface area (Å²) in [4.78, 5) is 16.3. The van der Waals surface area contributed by atoms with Gasteiger partial charge in [-0.1, -0.05) is 19.3 Å². The fraction of sp³-hybridized carbons (Fsp3) is 0.667. The highest BCUT2D eigenvalue weighted by Crippen LogP contribution is 2.30. The second kappa shape index (κ2) is 7.30. The fourth-order valence-corrected chi connectivity index (χ4v) is 2.88. The Morgan fingerprint density at radius 3 is 2.70 bits per heavy atom. The summed E-state index contributed by atoms with van der Waals surface area (Å²) in [5.74, 6) is 0.444. The number of pyridine rings is 1. The molecule has 0 spiro atoms. The van der Waals surface area contributed by atoms with Gasteiger partial charge in [0.15, 0.2) is 0 Å². The summed E-state index contributed by atoms with van der Waals surface area (Å²) in [6, 6.07) is 3.69.